The Labute approximate surface area is 158 Å². The van der Waals surface area contributed by atoms with Crippen LogP contribution in [0.3, 0.4) is 0 Å². The van der Waals surface area contributed by atoms with Crippen LogP contribution in [0, 0.1) is 17.0 Å². The van der Waals surface area contributed by atoms with Crippen LogP contribution in [0.4, 0.5) is 5.69 Å². The van der Waals surface area contributed by atoms with Gasteiger partial charge in [-0.1, -0.05) is 24.3 Å². The molecule has 0 unspecified atom stereocenters. The topological polar surface area (TPSA) is 126 Å². The fraction of sp³-hybridized carbons (Fsp3) is 0.0588. The molecule has 0 aliphatic heterocycles. The quantitative estimate of drug-likeness (QED) is 0.383. The molecule has 3 aromatic rings. The molecule has 0 atom stereocenters. The first kappa shape index (κ1) is 18.3. The van der Waals surface area contributed by atoms with Crippen LogP contribution in [0.5, 0.6) is 0 Å². The lowest BCUT2D eigenvalue weighted by Crippen LogP contribution is -2.17. The zero-order valence-electron chi connectivity index (χ0n) is 14.1. The number of aromatic nitrogens is 3. The lowest BCUT2D eigenvalue weighted by atomic mass is 10.2. The summed E-state index contributed by atoms with van der Waals surface area (Å²) >= 11 is 1.09. The molecule has 0 saturated carbocycles. The standard InChI is InChI=1S/C17H14N6O3S/c1-11-19-17(22-20-11)27-15-8-7-12(9-14(15)23(25)26)10-18-21-16(24)13-5-3-2-4-6-13/h2-10H,1H3,(H,21,24)(H,19,20,22)/b18-10-. The van der Waals surface area contributed by atoms with E-state index in [1.807, 2.05) is 0 Å². The zero-order valence-corrected chi connectivity index (χ0v) is 14.9. The Bertz CT molecular complexity index is 1000. The highest BCUT2D eigenvalue weighted by Gasteiger charge is 2.17. The fourth-order valence-corrected chi connectivity index (χ4v) is 2.97. The summed E-state index contributed by atoms with van der Waals surface area (Å²) in [4.78, 5) is 27.3. The van der Waals surface area contributed by atoms with Crippen LogP contribution >= 0.6 is 11.8 Å². The number of hydrogen-bond donors (Lipinski definition) is 2. The summed E-state index contributed by atoms with van der Waals surface area (Å²) in [5.41, 5.74) is 3.23. The molecule has 0 aliphatic carbocycles. The van der Waals surface area contributed by atoms with Gasteiger partial charge in [-0.15, -0.1) is 5.10 Å². The molecule has 1 aromatic heterocycles. The number of aromatic amines is 1. The number of hydrazone groups is 1. The summed E-state index contributed by atoms with van der Waals surface area (Å²) in [6, 6.07) is 13.2. The first-order chi connectivity index (χ1) is 13.0. The molecule has 0 aliphatic rings. The number of carbonyl (C=O) groups is 1. The van der Waals surface area contributed by atoms with Gasteiger partial charge < -0.3 is 0 Å². The molecule has 0 spiro atoms. The lowest BCUT2D eigenvalue weighted by molar-refractivity contribution is -0.387. The summed E-state index contributed by atoms with van der Waals surface area (Å²) in [5.74, 6) is 0.256. The van der Waals surface area contributed by atoms with Crippen molar-refractivity contribution in [1.82, 2.24) is 20.6 Å². The van der Waals surface area contributed by atoms with Gasteiger partial charge >= 0.3 is 0 Å². The van der Waals surface area contributed by atoms with E-state index in [1.54, 1.807) is 49.4 Å². The highest BCUT2D eigenvalue weighted by Crippen LogP contribution is 2.33. The number of nitrogens with zero attached hydrogens (tertiary/aromatic N) is 4. The van der Waals surface area contributed by atoms with Gasteiger partial charge in [0.1, 0.15) is 5.82 Å². The Morgan fingerprint density at radius 1 is 1.30 bits per heavy atom. The molecular formula is C17H14N6O3S. The second-order valence-electron chi connectivity index (χ2n) is 5.35. The van der Waals surface area contributed by atoms with Gasteiger partial charge in [-0.3, -0.25) is 20.0 Å². The van der Waals surface area contributed by atoms with Crippen molar-refractivity contribution in [3.63, 3.8) is 0 Å². The van der Waals surface area contributed by atoms with E-state index >= 15 is 0 Å². The number of nitro benzene ring substituents is 1. The molecule has 0 bridgehead atoms. The molecule has 3 rings (SSSR count). The molecule has 136 valence electrons. The molecule has 9 nitrogen and oxygen atoms in total. The third-order valence-electron chi connectivity index (χ3n) is 3.37. The number of amides is 1. The molecule has 27 heavy (non-hydrogen) atoms. The minimum Gasteiger partial charge on any atom is -0.267 e. The first-order valence-corrected chi connectivity index (χ1v) is 8.58. The third kappa shape index (κ3) is 4.76. The summed E-state index contributed by atoms with van der Waals surface area (Å²) < 4.78 is 0. The molecule has 2 aromatic carbocycles. The zero-order chi connectivity index (χ0) is 19.2. The van der Waals surface area contributed by atoms with Crippen molar-refractivity contribution in [3.05, 3.63) is 75.6 Å². The summed E-state index contributed by atoms with van der Waals surface area (Å²) in [5, 5.41) is 22.3. The molecule has 1 heterocycles. The number of hydrogen-bond acceptors (Lipinski definition) is 7. The molecule has 1 amide bonds. The second-order valence-corrected chi connectivity index (χ2v) is 6.36. The van der Waals surface area contributed by atoms with Gasteiger partial charge in [0.15, 0.2) is 0 Å². The van der Waals surface area contributed by atoms with Crippen LogP contribution in [-0.2, 0) is 0 Å². The van der Waals surface area contributed by atoms with Crippen LogP contribution in [0.25, 0.3) is 0 Å². The van der Waals surface area contributed by atoms with Gasteiger partial charge in [-0.2, -0.15) is 5.10 Å². The first-order valence-electron chi connectivity index (χ1n) is 7.76. The Hall–Kier alpha value is -3.53. The summed E-state index contributed by atoms with van der Waals surface area (Å²) in [6.45, 7) is 1.74. The van der Waals surface area contributed by atoms with Gasteiger partial charge in [-0.05, 0) is 36.9 Å². The van der Waals surface area contributed by atoms with Crippen molar-refractivity contribution < 1.29 is 9.72 Å². The minimum absolute atomic E-state index is 0.0965. The fourth-order valence-electron chi connectivity index (χ4n) is 2.13. The maximum Gasteiger partial charge on any atom is 0.283 e. The van der Waals surface area contributed by atoms with Gasteiger partial charge in [-0.25, -0.2) is 10.4 Å². The Morgan fingerprint density at radius 3 is 2.74 bits per heavy atom. The van der Waals surface area contributed by atoms with E-state index in [0.717, 1.165) is 11.8 Å². The van der Waals surface area contributed by atoms with E-state index in [0.29, 0.717) is 27.0 Å². The lowest BCUT2D eigenvalue weighted by Gasteiger charge is -2.02. The number of carbonyl (C=O) groups excluding carboxylic acids is 1. The van der Waals surface area contributed by atoms with Crippen LogP contribution in [0.1, 0.15) is 21.7 Å². The predicted molar refractivity (Wildman–Crippen MR) is 99.8 cm³/mol. The monoisotopic (exact) mass is 382 g/mol. The van der Waals surface area contributed by atoms with E-state index in [1.165, 1.54) is 12.3 Å². The highest BCUT2D eigenvalue weighted by atomic mass is 32.2. The predicted octanol–water partition coefficient (Wildman–Crippen LogP) is 2.94. The number of benzene rings is 2. The minimum atomic E-state index is -0.484. The van der Waals surface area contributed by atoms with Gasteiger partial charge in [0.25, 0.3) is 11.6 Å². The van der Waals surface area contributed by atoms with Crippen LogP contribution in [-0.4, -0.2) is 32.2 Å². The van der Waals surface area contributed by atoms with Crippen molar-refractivity contribution in [3.8, 4) is 0 Å². The van der Waals surface area contributed by atoms with Crippen LogP contribution < -0.4 is 5.43 Å². The summed E-state index contributed by atoms with van der Waals surface area (Å²) in [6.07, 6.45) is 1.35. The molecule has 0 fully saturated rings. The second kappa shape index (κ2) is 8.23. The van der Waals surface area contributed by atoms with Crippen molar-refractivity contribution in [2.75, 3.05) is 0 Å². The largest absolute Gasteiger partial charge is 0.283 e. The third-order valence-corrected chi connectivity index (χ3v) is 4.30. The maximum atomic E-state index is 11.9. The van der Waals surface area contributed by atoms with E-state index in [-0.39, 0.29) is 11.6 Å². The van der Waals surface area contributed by atoms with Gasteiger partial charge in [0, 0.05) is 17.2 Å². The molecular weight excluding hydrogens is 368 g/mol. The molecule has 0 saturated heterocycles. The smallest absolute Gasteiger partial charge is 0.267 e. The van der Waals surface area contributed by atoms with Gasteiger partial charge in [0.2, 0.25) is 5.16 Å². The number of nitrogens with one attached hydrogen (secondary N) is 2. The number of H-pyrrole nitrogens is 1. The highest BCUT2D eigenvalue weighted by molar-refractivity contribution is 7.99. The Kier molecular flexibility index (Phi) is 5.57. The SMILES string of the molecule is Cc1nc(Sc2ccc(/C=N\NC(=O)c3ccccc3)cc2[N+](=O)[O-])n[nH]1. The average Bonchev–Trinajstić information content (AvgIpc) is 3.08. The van der Waals surface area contributed by atoms with Crippen LogP contribution in [0.15, 0.2) is 63.7 Å². The number of rotatable bonds is 6. The summed E-state index contributed by atoms with van der Waals surface area (Å²) in [7, 11) is 0. The van der Waals surface area contributed by atoms with E-state index in [2.05, 4.69) is 25.7 Å². The molecule has 10 heteroatoms. The number of nitro groups is 1. The normalized spacial score (nSPS) is 10.9. The molecule has 0 radical (unpaired) electrons. The van der Waals surface area contributed by atoms with Crippen molar-refractivity contribution in [2.24, 2.45) is 5.10 Å². The van der Waals surface area contributed by atoms with E-state index in [9.17, 15) is 14.9 Å². The molecule has 2 N–H and O–H groups in total. The maximum absolute atomic E-state index is 11.9. The Balaban J connectivity index is 1.73. The van der Waals surface area contributed by atoms with E-state index < -0.39 is 4.92 Å². The van der Waals surface area contributed by atoms with Crippen LogP contribution in [0.2, 0.25) is 0 Å². The van der Waals surface area contributed by atoms with Gasteiger partial charge in [0.05, 0.1) is 16.0 Å². The average molecular weight is 382 g/mol. The van der Waals surface area contributed by atoms with E-state index in [4.69, 9.17) is 0 Å². The van der Waals surface area contributed by atoms with Crippen molar-refractivity contribution in [2.45, 2.75) is 17.0 Å². The number of aryl methyl sites for hydroxylation is 1. The van der Waals surface area contributed by atoms with Crippen molar-refractivity contribution in [1.29, 1.82) is 0 Å². The Morgan fingerprint density at radius 2 is 2.07 bits per heavy atom. The van der Waals surface area contributed by atoms with Crippen molar-refractivity contribution >= 4 is 29.6 Å².